The lowest BCUT2D eigenvalue weighted by Crippen LogP contribution is -2.30. The summed E-state index contributed by atoms with van der Waals surface area (Å²) >= 11 is 0. The molecule has 0 saturated heterocycles. The first-order valence-corrected chi connectivity index (χ1v) is 8.90. The van der Waals surface area contributed by atoms with Gasteiger partial charge in [0.25, 0.3) is 0 Å². The Balaban J connectivity index is 2.26. The Hall–Kier alpha value is -0.530. The van der Waals surface area contributed by atoms with Crippen LogP contribution in [0.5, 0.6) is 0 Å². The number of oxime groups is 1. The molecular weight excluding hydrogens is 246 g/mol. The monoisotopic (exact) mass is 281 g/mol. The van der Waals surface area contributed by atoms with Crippen molar-refractivity contribution in [3.8, 4) is 0 Å². The van der Waals surface area contributed by atoms with E-state index in [1.807, 2.05) is 0 Å². The Morgan fingerprint density at radius 3 is 1.95 bits per heavy atom. The highest BCUT2D eigenvalue weighted by atomic mass is 16.6. The fraction of sp³-hybridized carbons (Fsp3) is 0.944. The van der Waals surface area contributed by atoms with Crippen LogP contribution in [0, 0.1) is 11.8 Å². The summed E-state index contributed by atoms with van der Waals surface area (Å²) in [7, 11) is 1.66. The quantitative estimate of drug-likeness (QED) is 0.319. The molecule has 118 valence electrons. The molecule has 20 heavy (non-hydrogen) atoms. The van der Waals surface area contributed by atoms with E-state index in [1.54, 1.807) is 7.11 Å². The number of nitrogens with zero attached hydrogens (tertiary/aromatic N) is 1. The van der Waals surface area contributed by atoms with Gasteiger partial charge in [0.05, 0.1) is 5.71 Å². The molecule has 0 aromatic rings. The normalized spacial score (nSPS) is 18.2. The van der Waals surface area contributed by atoms with Crippen molar-refractivity contribution >= 4 is 5.71 Å². The van der Waals surface area contributed by atoms with Crippen LogP contribution in [0.15, 0.2) is 5.16 Å². The van der Waals surface area contributed by atoms with Crippen LogP contribution in [-0.2, 0) is 4.84 Å². The van der Waals surface area contributed by atoms with Gasteiger partial charge in [0, 0.05) is 0 Å². The second-order valence-corrected chi connectivity index (χ2v) is 6.47. The van der Waals surface area contributed by atoms with E-state index in [4.69, 9.17) is 4.84 Å². The third-order valence-electron chi connectivity index (χ3n) is 4.74. The first-order valence-electron chi connectivity index (χ1n) is 8.90. The maximum absolute atomic E-state index is 4.89. The highest BCUT2D eigenvalue weighted by Gasteiger charge is 2.31. The van der Waals surface area contributed by atoms with Crippen LogP contribution in [0.1, 0.15) is 90.9 Å². The molecule has 0 aromatic carbocycles. The zero-order valence-electron chi connectivity index (χ0n) is 14.0. The van der Waals surface area contributed by atoms with Crippen molar-refractivity contribution in [3.05, 3.63) is 0 Å². The number of unbranched alkanes of at least 4 members (excludes halogenated alkanes) is 6. The second kappa shape index (κ2) is 11.2. The number of hydrogen-bond donors (Lipinski definition) is 0. The minimum absolute atomic E-state index is 0.896. The van der Waals surface area contributed by atoms with Gasteiger partial charge in [-0.1, -0.05) is 83.2 Å². The highest BCUT2D eigenvalue weighted by molar-refractivity contribution is 5.89. The van der Waals surface area contributed by atoms with Crippen LogP contribution in [0.3, 0.4) is 0 Å². The van der Waals surface area contributed by atoms with Crippen LogP contribution >= 0.6 is 0 Å². The topological polar surface area (TPSA) is 21.6 Å². The smallest absolute Gasteiger partial charge is 0.106 e. The van der Waals surface area contributed by atoms with Gasteiger partial charge in [0.15, 0.2) is 0 Å². The molecule has 1 aliphatic rings. The molecule has 0 heterocycles. The van der Waals surface area contributed by atoms with E-state index < -0.39 is 0 Å². The summed E-state index contributed by atoms with van der Waals surface area (Å²) in [6, 6.07) is 0. The molecule has 0 amide bonds. The summed E-state index contributed by atoms with van der Waals surface area (Å²) in [6.07, 6.45) is 16.5. The third kappa shape index (κ3) is 6.76. The zero-order chi connectivity index (χ0) is 14.6. The minimum Gasteiger partial charge on any atom is -0.399 e. The fourth-order valence-electron chi connectivity index (χ4n) is 3.36. The largest absolute Gasteiger partial charge is 0.399 e. The first kappa shape index (κ1) is 17.5. The van der Waals surface area contributed by atoms with Gasteiger partial charge in [-0.3, -0.25) is 0 Å². The Labute approximate surface area is 126 Å². The Bertz CT molecular complexity index is 242. The molecule has 0 spiro atoms. The van der Waals surface area contributed by atoms with Gasteiger partial charge in [-0.15, -0.1) is 0 Å². The van der Waals surface area contributed by atoms with Crippen molar-refractivity contribution in [2.75, 3.05) is 7.11 Å². The molecule has 2 heteroatoms. The van der Waals surface area contributed by atoms with Gasteiger partial charge in [0.1, 0.15) is 7.11 Å². The third-order valence-corrected chi connectivity index (χ3v) is 4.74. The Kier molecular flexibility index (Phi) is 9.78. The first-order chi connectivity index (χ1) is 9.81. The average Bonchev–Trinajstić information content (AvgIpc) is 2.41. The Morgan fingerprint density at radius 2 is 1.50 bits per heavy atom. The molecule has 0 aromatic heterocycles. The van der Waals surface area contributed by atoms with Crippen molar-refractivity contribution in [2.45, 2.75) is 90.9 Å². The summed E-state index contributed by atoms with van der Waals surface area (Å²) in [6.45, 7) is 4.59. The van der Waals surface area contributed by atoms with E-state index >= 15 is 0 Å². The molecule has 1 fully saturated rings. The molecule has 0 bridgehead atoms. The molecule has 2 nitrogen and oxygen atoms in total. The van der Waals surface area contributed by atoms with E-state index in [1.165, 1.54) is 82.8 Å². The van der Waals surface area contributed by atoms with Crippen LogP contribution in [0.2, 0.25) is 0 Å². The summed E-state index contributed by atoms with van der Waals surface area (Å²) in [5.41, 5.74) is 1.28. The summed E-state index contributed by atoms with van der Waals surface area (Å²) in [5, 5.41) is 4.10. The van der Waals surface area contributed by atoms with Crippen molar-refractivity contribution in [2.24, 2.45) is 17.0 Å². The van der Waals surface area contributed by atoms with Crippen molar-refractivity contribution in [1.82, 2.24) is 0 Å². The molecule has 0 radical (unpaired) electrons. The standard InChI is InChI=1S/C18H35NO/c1-4-6-8-10-12-16(13-11-9-7-5-2)17-14-18(15-17)19-20-3/h16-17H,4-15H2,1-3H3. The number of hydrogen-bond acceptors (Lipinski definition) is 2. The maximum Gasteiger partial charge on any atom is 0.106 e. The second-order valence-electron chi connectivity index (χ2n) is 6.47. The van der Waals surface area contributed by atoms with Gasteiger partial charge in [-0.25, -0.2) is 0 Å². The van der Waals surface area contributed by atoms with Gasteiger partial charge in [-0.05, 0) is 24.7 Å². The fourth-order valence-corrected chi connectivity index (χ4v) is 3.36. The molecule has 1 aliphatic carbocycles. The van der Waals surface area contributed by atoms with E-state index in [-0.39, 0.29) is 0 Å². The van der Waals surface area contributed by atoms with Crippen LogP contribution in [0.25, 0.3) is 0 Å². The van der Waals surface area contributed by atoms with Gasteiger partial charge < -0.3 is 4.84 Å². The van der Waals surface area contributed by atoms with Crippen LogP contribution in [0.4, 0.5) is 0 Å². The molecule has 0 unspecified atom stereocenters. The van der Waals surface area contributed by atoms with Crippen LogP contribution in [-0.4, -0.2) is 12.8 Å². The molecule has 0 aliphatic heterocycles. The lowest BCUT2D eigenvalue weighted by molar-refractivity contribution is 0.197. The van der Waals surface area contributed by atoms with E-state index in [0.29, 0.717) is 0 Å². The lowest BCUT2D eigenvalue weighted by Gasteiger charge is -2.35. The minimum atomic E-state index is 0.896. The van der Waals surface area contributed by atoms with Gasteiger partial charge >= 0.3 is 0 Å². The zero-order valence-corrected chi connectivity index (χ0v) is 14.0. The van der Waals surface area contributed by atoms with Crippen molar-refractivity contribution in [1.29, 1.82) is 0 Å². The molecular formula is C18H35NO. The predicted molar refractivity (Wildman–Crippen MR) is 88.2 cm³/mol. The predicted octanol–water partition coefficient (Wildman–Crippen LogP) is 5.96. The average molecular weight is 281 g/mol. The summed E-state index contributed by atoms with van der Waals surface area (Å²) in [5.74, 6) is 1.84. The summed E-state index contributed by atoms with van der Waals surface area (Å²) < 4.78 is 0. The maximum atomic E-state index is 4.89. The summed E-state index contributed by atoms with van der Waals surface area (Å²) in [4.78, 5) is 4.89. The number of rotatable bonds is 12. The lowest BCUT2D eigenvalue weighted by atomic mass is 9.71. The van der Waals surface area contributed by atoms with Crippen LogP contribution < -0.4 is 0 Å². The van der Waals surface area contributed by atoms with E-state index in [9.17, 15) is 0 Å². The molecule has 0 atom stereocenters. The SMILES string of the molecule is CCCCCCC(CCCCCC)C1CC(=NOC)C1. The van der Waals surface area contributed by atoms with Crippen molar-refractivity contribution < 1.29 is 4.84 Å². The molecule has 1 saturated carbocycles. The highest BCUT2D eigenvalue weighted by Crippen LogP contribution is 2.37. The van der Waals surface area contributed by atoms with E-state index in [0.717, 1.165) is 11.8 Å². The molecule has 1 rings (SSSR count). The van der Waals surface area contributed by atoms with Crippen molar-refractivity contribution in [3.63, 3.8) is 0 Å². The van der Waals surface area contributed by atoms with Gasteiger partial charge in [0.2, 0.25) is 0 Å². The molecule has 0 N–H and O–H groups in total. The van der Waals surface area contributed by atoms with E-state index in [2.05, 4.69) is 19.0 Å². The Morgan fingerprint density at radius 1 is 0.950 bits per heavy atom. The van der Waals surface area contributed by atoms with Gasteiger partial charge in [-0.2, -0.15) is 0 Å².